The van der Waals surface area contributed by atoms with Gasteiger partial charge in [-0.05, 0) is 12.5 Å². The van der Waals surface area contributed by atoms with Gasteiger partial charge in [0.25, 0.3) is 5.91 Å². The molecule has 22 heavy (non-hydrogen) atoms. The predicted molar refractivity (Wildman–Crippen MR) is 70.9 cm³/mol. The molecular weight excluding hydrogens is 298 g/mol. The first-order chi connectivity index (χ1) is 10.3. The number of rotatable bonds is 1. The summed E-state index contributed by atoms with van der Waals surface area (Å²) in [6.07, 6.45) is 0.0716. The van der Waals surface area contributed by atoms with E-state index in [-0.39, 0.29) is 23.2 Å². The number of nitrogens with one attached hydrogen (secondary N) is 3. The summed E-state index contributed by atoms with van der Waals surface area (Å²) in [7, 11) is 1.24. The molecule has 2 aliphatic rings. The van der Waals surface area contributed by atoms with Crippen molar-refractivity contribution in [2.24, 2.45) is 0 Å². The van der Waals surface area contributed by atoms with Gasteiger partial charge in [0, 0.05) is 18.2 Å². The Kier molecular flexibility index (Phi) is 2.84. The van der Waals surface area contributed by atoms with Crippen LogP contribution in [-0.2, 0) is 16.9 Å². The van der Waals surface area contributed by atoms with Crippen LogP contribution in [0.3, 0.4) is 0 Å². The summed E-state index contributed by atoms with van der Waals surface area (Å²) in [5.74, 6) is -2.68. The van der Waals surface area contributed by atoms with Gasteiger partial charge >= 0.3 is 12.1 Å². The van der Waals surface area contributed by atoms with Crippen molar-refractivity contribution in [1.29, 1.82) is 0 Å². The van der Waals surface area contributed by atoms with Crippen molar-refractivity contribution in [3.63, 3.8) is 0 Å². The lowest BCUT2D eigenvalue weighted by molar-refractivity contribution is -0.129. The summed E-state index contributed by atoms with van der Waals surface area (Å²) in [6.45, 7) is 1.56. The summed E-state index contributed by atoms with van der Waals surface area (Å²) >= 11 is 0. The normalized spacial score (nSPS) is 23.3. The first kappa shape index (κ1) is 14.2. The minimum Gasteiger partial charge on any atom is -0.305 e. The van der Waals surface area contributed by atoms with Crippen LogP contribution in [0.1, 0.15) is 18.1 Å². The smallest absolute Gasteiger partial charge is 0.305 e. The van der Waals surface area contributed by atoms with Crippen LogP contribution in [-0.4, -0.2) is 29.9 Å². The van der Waals surface area contributed by atoms with Gasteiger partial charge in [-0.25, -0.2) is 18.4 Å². The minimum absolute atomic E-state index is 0.0716. The van der Waals surface area contributed by atoms with Crippen molar-refractivity contribution in [2.45, 2.75) is 19.0 Å². The number of likely N-dealkylation sites (N-methyl/N-ethyl adjacent to an activating group) is 1. The molecule has 0 bridgehead atoms. The van der Waals surface area contributed by atoms with Gasteiger partial charge in [0.15, 0.2) is 5.82 Å². The second kappa shape index (κ2) is 4.39. The number of carbonyl (C=O) groups excluding carboxylic acids is 3. The Labute approximate surface area is 123 Å². The van der Waals surface area contributed by atoms with Crippen molar-refractivity contribution < 1.29 is 23.2 Å². The van der Waals surface area contributed by atoms with E-state index in [1.165, 1.54) is 7.05 Å². The second-order valence-corrected chi connectivity index (χ2v) is 5.03. The van der Waals surface area contributed by atoms with Crippen LogP contribution in [0.2, 0.25) is 0 Å². The average molecular weight is 310 g/mol. The first-order valence-corrected chi connectivity index (χ1v) is 6.52. The zero-order valence-corrected chi connectivity index (χ0v) is 11.7. The van der Waals surface area contributed by atoms with Crippen molar-refractivity contribution in [3.8, 4) is 0 Å². The van der Waals surface area contributed by atoms with Gasteiger partial charge in [0.2, 0.25) is 5.66 Å². The molecule has 0 aromatic heterocycles. The molecule has 0 aliphatic carbocycles. The zero-order chi connectivity index (χ0) is 16.2. The van der Waals surface area contributed by atoms with E-state index in [2.05, 4.69) is 10.6 Å². The number of hydrogen-bond acceptors (Lipinski definition) is 3. The molecule has 1 aromatic rings. The number of amides is 5. The topological polar surface area (TPSA) is 90.5 Å². The van der Waals surface area contributed by atoms with Crippen LogP contribution >= 0.6 is 0 Å². The Morgan fingerprint density at radius 2 is 1.91 bits per heavy atom. The first-order valence-electron chi connectivity index (χ1n) is 6.52. The number of benzene rings is 1. The fourth-order valence-electron chi connectivity index (χ4n) is 2.79. The maximum Gasteiger partial charge on any atom is 0.324 e. The molecule has 2 aliphatic heterocycles. The number of imide groups is 1. The molecule has 1 fully saturated rings. The lowest BCUT2D eigenvalue weighted by atomic mass is 9.91. The van der Waals surface area contributed by atoms with E-state index in [0.29, 0.717) is 0 Å². The lowest BCUT2D eigenvalue weighted by Crippen LogP contribution is -2.62. The highest BCUT2D eigenvalue weighted by Crippen LogP contribution is 2.40. The molecule has 1 saturated heterocycles. The van der Waals surface area contributed by atoms with E-state index in [1.54, 1.807) is 6.92 Å². The average Bonchev–Trinajstić information content (AvgIpc) is 2.75. The van der Waals surface area contributed by atoms with Crippen molar-refractivity contribution >= 4 is 23.7 Å². The van der Waals surface area contributed by atoms with Gasteiger partial charge in [-0.1, -0.05) is 6.92 Å². The van der Waals surface area contributed by atoms with Gasteiger partial charge in [-0.15, -0.1) is 0 Å². The fraction of sp³-hybridized carbons (Fsp3) is 0.308. The van der Waals surface area contributed by atoms with Crippen LogP contribution in [0, 0.1) is 11.6 Å². The zero-order valence-electron chi connectivity index (χ0n) is 11.7. The highest BCUT2D eigenvalue weighted by molar-refractivity contribution is 6.12. The molecule has 0 saturated carbocycles. The molecule has 1 aromatic carbocycles. The molecule has 2 heterocycles. The Balaban J connectivity index is 2.34. The molecule has 3 N–H and O–H groups in total. The third-order valence-corrected chi connectivity index (χ3v) is 3.95. The molecule has 5 amide bonds. The molecule has 1 atom stereocenters. The van der Waals surface area contributed by atoms with Crippen LogP contribution in [0.25, 0.3) is 0 Å². The maximum absolute atomic E-state index is 14.5. The number of urea groups is 2. The van der Waals surface area contributed by atoms with E-state index in [0.717, 1.165) is 11.0 Å². The van der Waals surface area contributed by atoms with E-state index in [4.69, 9.17) is 0 Å². The van der Waals surface area contributed by atoms with E-state index in [1.807, 2.05) is 5.32 Å². The highest BCUT2D eigenvalue weighted by atomic mass is 19.1. The third-order valence-electron chi connectivity index (χ3n) is 3.95. The number of hydrogen-bond donors (Lipinski definition) is 3. The Morgan fingerprint density at radius 3 is 2.45 bits per heavy atom. The molecule has 1 spiro atoms. The van der Waals surface area contributed by atoms with Crippen LogP contribution in [0.4, 0.5) is 24.1 Å². The number of carbonyl (C=O) groups is 3. The summed E-state index contributed by atoms with van der Waals surface area (Å²) in [5.41, 5.74) is -2.64. The predicted octanol–water partition coefficient (Wildman–Crippen LogP) is 0.997. The van der Waals surface area contributed by atoms with E-state index >= 15 is 0 Å². The quantitative estimate of drug-likeness (QED) is 0.676. The van der Waals surface area contributed by atoms with Gasteiger partial charge in [0.1, 0.15) is 5.82 Å². The monoisotopic (exact) mass is 310 g/mol. The fourth-order valence-corrected chi connectivity index (χ4v) is 2.79. The maximum atomic E-state index is 14.5. The Bertz CT molecular complexity index is 736. The Morgan fingerprint density at radius 1 is 1.23 bits per heavy atom. The molecule has 9 heteroatoms. The number of halogens is 2. The SMILES string of the molecule is CCc1c(F)cc2c(c1F)NC(=O)N(C)[C@]21NC(=O)NC1=O. The van der Waals surface area contributed by atoms with Gasteiger partial charge < -0.3 is 10.6 Å². The summed E-state index contributed by atoms with van der Waals surface area (Å²) in [4.78, 5) is 36.6. The minimum atomic E-state index is -1.97. The van der Waals surface area contributed by atoms with Crippen molar-refractivity contribution in [3.05, 3.63) is 28.8 Å². The number of anilines is 1. The summed E-state index contributed by atoms with van der Waals surface area (Å²) in [6, 6.07) is -0.687. The molecule has 3 rings (SSSR count). The number of fused-ring (bicyclic) bond motifs is 2. The van der Waals surface area contributed by atoms with Crippen molar-refractivity contribution in [1.82, 2.24) is 15.5 Å². The lowest BCUT2D eigenvalue weighted by Gasteiger charge is -2.41. The molecule has 7 nitrogen and oxygen atoms in total. The molecule has 0 radical (unpaired) electrons. The third kappa shape index (κ3) is 1.56. The highest BCUT2D eigenvalue weighted by Gasteiger charge is 2.57. The van der Waals surface area contributed by atoms with E-state index in [9.17, 15) is 23.2 Å². The second-order valence-electron chi connectivity index (χ2n) is 5.03. The molecular formula is C13H12F2N4O3. The van der Waals surface area contributed by atoms with Crippen LogP contribution in [0.5, 0.6) is 0 Å². The largest absolute Gasteiger partial charge is 0.324 e. The van der Waals surface area contributed by atoms with E-state index < -0.39 is 35.3 Å². The van der Waals surface area contributed by atoms with Gasteiger partial charge in [-0.2, -0.15) is 0 Å². The number of nitrogens with zero attached hydrogens (tertiary/aromatic N) is 1. The molecule has 116 valence electrons. The van der Waals surface area contributed by atoms with Gasteiger partial charge in [0.05, 0.1) is 5.69 Å². The summed E-state index contributed by atoms with van der Waals surface area (Å²) in [5, 5.41) is 6.54. The van der Waals surface area contributed by atoms with Gasteiger partial charge in [-0.3, -0.25) is 15.0 Å². The molecule has 0 unspecified atom stereocenters. The van der Waals surface area contributed by atoms with Crippen LogP contribution in [0.15, 0.2) is 6.07 Å². The van der Waals surface area contributed by atoms with Crippen molar-refractivity contribution in [2.75, 3.05) is 12.4 Å². The summed E-state index contributed by atoms with van der Waals surface area (Å²) < 4.78 is 28.6. The van der Waals surface area contributed by atoms with Crippen LogP contribution < -0.4 is 16.0 Å². The Hall–Kier alpha value is -2.71. The standard InChI is InChI=1S/C13H12F2N4O3/c1-3-5-7(14)4-6-9(8(5)15)16-12(22)19(2)13(6)10(20)17-11(21)18-13/h4H,3H2,1-2H3,(H,16,22)(H2,17,18,20,21)/t13-/m1/s1.